The van der Waals surface area contributed by atoms with Crippen molar-refractivity contribution in [2.24, 2.45) is 0 Å². The van der Waals surface area contributed by atoms with E-state index in [1.165, 1.54) is 11.3 Å². The standard InChI is InChI=1S/C18H15BrN2OS/c1-11-3-4-12(2)15(9-11)17(22)21-18-20-16(10-23-18)13-5-7-14(19)8-6-13/h3-10H,1-2H3,(H,20,21,22). The molecule has 0 saturated carbocycles. The van der Waals surface area contributed by atoms with E-state index in [1.54, 1.807) is 0 Å². The molecule has 0 aliphatic rings. The second-order valence-electron chi connectivity index (χ2n) is 5.32. The number of hydrogen-bond acceptors (Lipinski definition) is 3. The molecule has 3 rings (SSSR count). The van der Waals surface area contributed by atoms with Crippen LogP contribution in [0.4, 0.5) is 5.13 Å². The fourth-order valence-electron chi connectivity index (χ4n) is 2.23. The van der Waals surface area contributed by atoms with Crippen molar-refractivity contribution >= 4 is 38.3 Å². The van der Waals surface area contributed by atoms with E-state index >= 15 is 0 Å². The molecule has 116 valence electrons. The van der Waals surface area contributed by atoms with Crippen molar-refractivity contribution in [2.75, 3.05) is 5.32 Å². The topological polar surface area (TPSA) is 42.0 Å². The molecule has 2 aromatic carbocycles. The van der Waals surface area contributed by atoms with E-state index < -0.39 is 0 Å². The maximum atomic E-state index is 12.4. The van der Waals surface area contributed by atoms with Crippen LogP contribution in [0.25, 0.3) is 11.3 Å². The molecule has 1 aromatic heterocycles. The van der Waals surface area contributed by atoms with E-state index in [-0.39, 0.29) is 5.91 Å². The van der Waals surface area contributed by atoms with Gasteiger partial charge in [0.1, 0.15) is 0 Å². The molecule has 3 aromatic rings. The number of hydrogen-bond donors (Lipinski definition) is 1. The minimum atomic E-state index is -0.122. The molecule has 1 amide bonds. The summed E-state index contributed by atoms with van der Waals surface area (Å²) in [5.74, 6) is -0.122. The fraction of sp³-hybridized carbons (Fsp3) is 0.111. The second kappa shape index (κ2) is 6.64. The van der Waals surface area contributed by atoms with E-state index in [2.05, 4.69) is 26.2 Å². The lowest BCUT2D eigenvalue weighted by Crippen LogP contribution is -2.13. The minimum absolute atomic E-state index is 0.122. The molecule has 0 radical (unpaired) electrons. The number of carbonyl (C=O) groups excluding carboxylic acids is 1. The van der Waals surface area contributed by atoms with Crippen LogP contribution >= 0.6 is 27.3 Å². The molecule has 23 heavy (non-hydrogen) atoms. The molecule has 0 unspecified atom stereocenters. The van der Waals surface area contributed by atoms with E-state index in [1.807, 2.05) is 61.7 Å². The number of benzene rings is 2. The third-order valence-corrected chi connectivity index (χ3v) is 4.79. The van der Waals surface area contributed by atoms with Gasteiger partial charge in [-0.15, -0.1) is 11.3 Å². The molecule has 3 nitrogen and oxygen atoms in total. The van der Waals surface area contributed by atoms with E-state index in [4.69, 9.17) is 0 Å². The van der Waals surface area contributed by atoms with E-state index in [0.29, 0.717) is 10.7 Å². The summed E-state index contributed by atoms with van der Waals surface area (Å²) in [5.41, 5.74) is 4.59. The third kappa shape index (κ3) is 3.68. The predicted molar refractivity (Wildman–Crippen MR) is 99.1 cm³/mol. The number of aromatic nitrogens is 1. The second-order valence-corrected chi connectivity index (χ2v) is 7.09. The Hall–Kier alpha value is -1.98. The average Bonchev–Trinajstić information content (AvgIpc) is 2.99. The van der Waals surface area contributed by atoms with Crippen molar-refractivity contribution in [1.82, 2.24) is 4.98 Å². The summed E-state index contributed by atoms with van der Waals surface area (Å²) in [6.07, 6.45) is 0. The largest absolute Gasteiger partial charge is 0.298 e. The quantitative estimate of drug-likeness (QED) is 0.650. The van der Waals surface area contributed by atoms with Gasteiger partial charge in [-0.25, -0.2) is 4.98 Å². The normalized spacial score (nSPS) is 10.6. The number of halogens is 1. The van der Waals surface area contributed by atoms with Crippen LogP contribution in [0.15, 0.2) is 52.3 Å². The van der Waals surface area contributed by atoms with Gasteiger partial charge in [-0.3, -0.25) is 10.1 Å². The van der Waals surface area contributed by atoms with E-state index in [0.717, 1.165) is 26.9 Å². The van der Waals surface area contributed by atoms with E-state index in [9.17, 15) is 4.79 Å². The number of carbonyl (C=O) groups is 1. The Morgan fingerprint density at radius 2 is 1.87 bits per heavy atom. The lowest BCUT2D eigenvalue weighted by molar-refractivity contribution is 0.102. The smallest absolute Gasteiger partial charge is 0.257 e. The Morgan fingerprint density at radius 1 is 1.13 bits per heavy atom. The zero-order chi connectivity index (χ0) is 16.4. The average molecular weight is 387 g/mol. The van der Waals surface area contributed by atoms with Crippen LogP contribution < -0.4 is 5.32 Å². The molecule has 0 spiro atoms. The number of thiazole rings is 1. The number of nitrogens with zero attached hydrogens (tertiary/aromatic N) is 1. The van der Waals surface area contributed by atoms with Gasteiger partial charge in [0.25, 0.3) is 5.91 Å². The SMILES string of the molecule is Cc1ccc(C)c(C(=O)Nc2nc(-c3ccc(Br)cc3)cs2)c1. The number of nitrogens with one attached hydrogen (secondary N) is 1. The highest BCUT2D eigenvalue weighted by Crippen LogP contribution is 2.26. The molecule has 1 N–H and O–H groups in total. The van der Waals surface area contributed by atoms with Crippen molar-refractivity contribution in [3.63, 3.8) is 0 Å². The Labute approximate surface area is 147 Å². The number of rotatable bonds is 3. The van der Waals surface area contributed by atoms with Crippen LogP contribution in [-0.2, 0) is 0 Å². The van der Waals surface area contributed by atoms with Crippen molar-refractivity contribution in [3.05, 3.63) is 69.0 Å². The van der Waals surface area contributed by atoms with Gasteiger partial charge in [0.15, 0.2) is 5.13 Å². The minimum Gasteiger partial charge on any atom is -0.298 e. The molecule has 5 heteroatoms. The molecular weight excluding hydrogens is 372 g/mol. The summed E-state index contributed by atoms with van der Waals surface area (Å²) in [4.78, 5) is 16.9. The summed E-state index contributed by atoms with van der Waals surface area (Å²) < 4.78 is 1.03. The number of amides is 1. The van der Waals surface area contributed by atoms with Crippen molar-refractivity contribution in [3.8, 4) is 11.3 Å². The Morgan fingerprint density at radius 3 is 2.61 bits per heavy atom. The highest BCUT2D eigenvalue weighted by molar-refractivity contribution is 9.10. The summed E-state index contributed by atoms with van der Waals surface area (Å²) in [6, 6.07) is 13.8. The molecule has 0 bridgehead atoms. The lowest BCUT2D eigenvalue weighted by atomic mass is 10.1. The first-order valence-electron chi connectivity index (χ1n) is 7.13. The summed E-state index contributed by atoms with van der Waals surface area (Å²) in [6.45, 7) is 3.91. The van der Waals surface area contributed by atoms with Gasteiger partial charge in [-0.05, 0) is 37.6 Å². The van der Waals surface area contributed by atoms with Gasteiger partial charge in [-0.2, -0.15) is 0 Å². The van der Waals surface area contributed by atoms with Crippen molar-refractivity contribution in [1.29, 1.82) is 0 Å². The highest BCUT2D eigenvalue weighted by Gasteiger charge is 2.12. The maximum absolute atomic E-state index is 12.4. The van der Waals surface area contributed by atoms with Gasteiger partial charge in [0.2, 0.25) is 0 Å². The van der Waals surface area contributed by atoms with Gasteiger partial charge in [0.05, 0.1) is 5.69 Å². The predicted octanol–water partition coefficient (Wildman–Crippen LogP) is 5.44. The number of anilines is 1. The Balaban J connectivity index is 1.80. The monoisotopic (exact) mass is 386 g/mol. The highest BCUT2D eigenvalue weighted by atomic mass is 79.9. The summed E-state index contributed by atoms with van der Waals surface area (Å²) in [7, 11) is 0. The summed E-state index contributed by atoms with van der Waals surface area (Å²) in [5, 5.41) is 5.44. The Bertz CT molecular complexity index is 856. The van der Waals surface area contributed by atoms with Crippen LogP contribution in [0.2, 0.25) is 0 Å². The van der Waals surface area contributed by atoms with Crippen LogP contribution in [0.1, 0.15) is 21.5 Å². The molecule has 1 heterocycles. The van der Waals surface area contributed by atoms with Gasteiger partial charge in [0, 0.05) is 21.0 Å². The zero-order valence-electron chi connectivity index (χ0n) is 12.8. The van der Waals surface area contributed by atoms with Crippen LogP contribution in [0.3, 0.4) is 0 Å². The Kier molecular flexibility index (Phi) is 4.59. The number of aryl methyl sites for hydroxylation is 2. The first-order valence-corrected chi connectivity index (χ1v) is 8.80. The molecule has 0 aliphatic heterocycles. The fourth-order valence-corrected chi connectivity index (χ4v) is 3.21. The zero-order valence-corrected chi connectivity index (χ0v) is 15.2. The molecule has 0 fully saturated rings. The van der Waals surface area contributed by atoms with Gasteiger partial charge in [-0.1, -0.05) is 45.8 Å². The van der Waals surface area contributed by atoms with Crippen LogP contribution in [0, 0.1) is 13.8 Å². The van der Waals surface area contributed by atoms with Crippen molar-refractivity contribution in [2.45, 2.75) is 13.8 Å². The first-order chi connectivity index (χ1) is 11.0. The summed E-state index contributed by atoms with van der Waals surface area (Å²) >= 11 is 4.85. The molecule has 0 atom stereocenters. The molecular formula is C18H15BrN2OS. The van der Waals surface area contributed by atoms with Crippen LogP contribution in [-0.4, -0.2) is 10.9 Å². The molecule has 0 saturated heterocycles. The van der Waals surface area contributed by atoms with Gasteiger partial charge >= 0.3 is 0 Å². The van der Waals surface area contributed by atoms with Gasteiger partial charge < -0.3 is 0 Å². The van der Waals surface area contributed by atoms with Crippen LogP contribution in [0.5, 0.6) is 0 Å². The first kappa shape index (κ1) is 15.9. The lowest BCUT2D eigenvalue weighted by Gasteiger charge is -2.06. The molecule has 0 aliphatic carbocycles. The third-order valence-electron chi connectivity index (χ3n) is 3.50. The van der Waals surface area contributed by atoms with Crippen molar-refractivity contribution < 1.29 is 4.79 Å². The maximum Gasteiger partial charge on any atom is 0.257 e.